The molecule has 5 atom stereocenters. The maximum absolute atomic E-state index is 6.01. The van der Waals surface area contributed by atoms with Gasteiger partial charge in [-0.3, -0.25) is 0 Å². The molecule has 0 radical (unpaired) electrons. The second kappa shape index (κ2) is 5.14. The van der Waals surface area contributed by atoms with Gasteiger partial charge in [0.05, 0.1) is 12.7 Å². The Morgan fingerprint density at radius 3 is 2.95 bits per heavy atom. The molecule has 2 saturated heterocycles. The van der Waals surface area contributed by atoms with Crippen LogP contribution in [0.25, 0.3) is 0 Å². The smallest absolute Gasteiger partial charge is 0.190 e. The fraction of sp³-hybridized carbons (Fsp3) is 0.714. The van der Waals surface area contributed by atoms with Gasteiger partial charge in [0.1, 0.15) is 12.2 Å². The highest BCUT2D eigenvalue weighted by molar-refractivity contribution is 7.07. The first kappa shape index (κ1) is 13.5. The molecule has 0 saturated carbocycles. The average molecular weight is 284 g/mol. The van der Waals surface area contributed by atoms with Crippen LogP contribution in [0.2, 0.25) is 0 Å². The minimum Gasteiger partial charge on any atom is -0.368 e. The van der Waals surface area contributed by atoms with Crippen molar-refractivity contribution in [3.63, 3.8) is 0 Å². The molecule has 0 N–H and O–H groups in total. The van der Waals surface area contributed by atoms with Crippen LogP contribution in [0.3, 0.4) is 0 Å². The maximum Gasteiger partial charge on any atom is 0.190 e. The van der Waals surface area contributed by atoms with Crippen LogP contribution in [0.15, 0.2) is 16.8 Å². The first-order valence-corrected chi connectivity index (χ1v) is 7.69. The van der Waals surface area contributed by atoms with Gasteiger partial charge in [-0.15, -0.1) is 0 Å². The molecule has 106 valence electrons. The number of hydrogen-bond acceptors (Lipinski definition) is 5. The molecule has 2 aliphatic heterocycles. The quantitative estimate of drug-likeness (QED) is 0.852. The zero-order valence-electron chi connectivity index (χ0n) is 11.5. The van der Waals surface area contributed by atoms with Gasteiger partial charge in [-0.25, -0.2) is 0 Å². The zero-order valence-corrected chi connectivity index (χ0v) is 12.3. The van der Waals surface area contributed by atoms with E-state index < -0.39 is 5.79 Å². The monoisotopic (exact) mass is 284 g/mol. The lowest BCUT2D eigenvalue weighted by Crippen LogP contribution is -2.36. The molecular formula is C14H20O4S. The summed E-state index contributed by atoms with van der Waals surface area (Å²) in [6.07, 6.45) is 0.300. The van der Waals surface area contributed by atoms with Gasteiger partial charge in [0.25, 0.3) is 0 Å². The van der Waals surface area contributed by atoms with Gasteiger partial charge in [0.2, 0.25) is 0 Å². The predicted molar refractivity (Wildman–Crippen MR) is 71.9 cm³/mol. The minimum atomic E-state index is -0.542. The van der Waals surface area contributed by atoms with Crippen molar-refractivity contribution in [3.05, 3.63) is 22.4 Å². The molecule has 2 fully saturated rings. The Balaban J connectivity index is 1.64. The average Bonchev–Trinajstić information content (AvgIpc) is 3.04. The molecule has 19 heavy (non-hydrogen) atoms. The van der Waals surface area contributed by atoms with Crippen molar-refractivity contribution in [3.8, 4) is 0 Å². The van der Waals surface area contributed by atoms with E-state index >= 15 is 0 Å². The summed E-state index contributed by atoms with van der Waals surface area (Å²) in [5.74, 6) is -0.542. The first-order chi connectivity index (χ1) is 9.11. The first-order valence-electron chi connectivity index (χ1n) is 6.75. The second-order valence-corrected chi connectivity index (χ2v) is 6.08. The predicted octanol–water partition coefficient (Wildman–Crippen LogP) is 2.92. The van der Waals surface area contributed by atoms with Crippen molar-refractivity contribution >= 4 is 11.3 Å². The van der Waals surface area contributed by atoms with E-state index in [4.69, 9.17) is 18.9 Å². The number of fused-ring (bicyclic) bond motifs is 1. The molecule has 3 rings (SSSR count). The van der Waals surface area contributed by atoms with Gasteiger partial charge in [-0.05, 0) is 42.7 Å². The molecule has 0 aliphatic carbocycles. The Morgan fingerprint density at radius 2 is 2.26 bits per heavy atom. The van der Waals surface area contributed by atoms with Crippen LogP contribution in [0.4, 0.5) is 0 Å². The van der Waals surface area contributed by atoms with Gasteiger partial charge in [-0.2, -0.15) is 11.3 Å². The van der Waals surface area contributed by atoms with Crippen LogP contribution in [0, 0.1) is 0 Å². The number of rotatable bonds is 4. The SMILES string of the molecule is CCC1(C)O[C@H]2O[C@H](C)[C@H](OCc3ccsc3)[C@H]2O1. The minimum absolute atomic E-state index is 0.00459. The molecule has 1 aromatic heterocycles. The molecule has 1 unspecified atom stereocenters. The summed E-state index contributed by atoms with van der Waals surface area (Å²) in [4.78, 5) is 0. The van der Waals surface area contributed by atoms with Crippen molar-refractivity contribution in [2.75, 3.05) is 0 Å². The third kappa shape index (κ3) is 2.58. The molecule has 0 bridgehead atoms. The number of ether oxygens (including phenoxy) is 4. The van der Waals surface area contributed by atoms with E-state index in [-0.39, 0.29) is 24.6 Å². The van der Waals surface area contributed by atoms with Crippen LogP contribution in [-0.4, -0.2) is 30.4 Å². The van der Waals surface area contributed by atoms with Crippen molar-refractivity contribution in [1.29, 1.82) is 0 Å². The fourth-order valence-corrected chi connectivity index (χ4v) is 3.18. The Morgan fingerprint density at radius 1 is 1.42 bits per heavy atom. The summed E-state index contributed by atoms with van der Waals surface area (Å²) in [7, 11) is 0. The van der Waals surface area contributed by atoms with Gasteiger partial charge in [-0.1, -0.05) is 6.92 Å². The molecule has 1 aromatic rings. The van der Waals surface area contributed by atoms with Crippen molar-refractivity contribution in [2.24, 2.45) is 0 Å². The molecule has 2 aliphatic rings. The Kier molecular flexibility index (Phi) is 3.66. The molecule has 0 spiro atoms. The van der Waals surface area contributed by atoms with Crippen LogP contribution in [-0.2, 0) is 25.6 Å². The number of hydrogen-bond donors (Lipinski definition) is 0. The number of thiophene rings is 1. The highest BCUT2D eigenvalue weighted by atomic mass is 32.1. The molecule has 3 heterocycles. The summed E-state index contributed by atoms with van der Waals surface area (Å²) >= 11 is 1.68. The molecule has 4 nitrogen and oxygen atoms in total. The zero-order chi connectivity index (χ0) is 13.5. The topological polar surface area (TPSA) is 36.9 Å². The largest absolute Gasteiger partial charge is 0.368 e. The molecule has 0 aromatic carbocycles. The Hall–Kier alpha value is -0.460. The van der Waals surface area contributed by atoms with Gasteiger partial charge in [0, 0.05) is 0 Å². The normalized spacial score (nSPS) is 41.6. The third-order valence-corrected chi connectivity index (χ3v) is 4.55. The van der Waals surface area contributed by atoms with E-state index in [0.29, 0.717) is 6.61 Å². The fourth-order valence-electron chi connectivity index (χ4n) is 2.53. The van der Waals surface area contributed by atoms with E-state index in [0.717, 1.165) is 6.42 Å². The van der Waals surface area contributed by atoms with Crippen molar-refractivity contribution in [1.82, 2.24) is 0 Å². The van der Waals surface area contributed by atoms with Crippen LogP contribution in [0.1, 0.15) is 32.8 Å². The Bertz CT molecular complexity index is 421. The van der Waals surface area contributed by atoms with Crippen molar-refractivity contribution in [2.45, 2.75) is 64.2 Å². The molecule has 0 amide bonds. The summed E-state index contributed by atoms with van der Waals surface area (Å²) in [6.45, 7) is 6.60. The van der Waals surface area contributed by atoms with E-state index in [1.54, 1.807) is 11.3 Å². The van der Waals surface area contributed by atoms with Crippen LogP contribution in [0.5, 0.6) is 0 Å². The lowest BCUT2D eigenvalue weighted by Gasteiger charge is -2.26. The lowest BCUT2D eigenvalue weighted by atomic mass is 10.1. The standard InChI is InChI=1S/C14H20O4S/c1-4-14(3)17-12-11(9(2)16-13(12)18-14)15-7-10-5-6-19-8-10/h5-6,8-9,11-13H,4,7H2,1-3H3/t9-,11+,12-,13-,14?/m1/s1. The van der Waals surface area contributed by atoms with E-state index in [1.807, 2.05) is 20.8 Å². The Labute approximate surface area is 117 Å². The lowest BCUT2D eigenvalue weighted by molar-refractivity contribution is -0.227. The maximum atomic E-state index is 6.01. The van der Waals surface area contributed by atoms with Gasteiger partial charge >= 0.3 is 0 Å². The molecular weight excluding hydrogens is 264 g/mol. The summed E-state index contributed by atoms with van der Waals surface area (Å²) in [5.41, 5.74) is 1.19. The second-order valence-electron chi connectivity index (χ2n) is 5.30. The van der Waals surface area contributed by atoms with Crippen LogP contribution < -0.4 is 0 Å². The third-order valence-electron chi connectivity index (χ3n) is 3.82. The van der Waals surface area contributed by atoms with E-state index in [2.05, 4.69) is 16.8 Å². The molecule has 5 heteroatoms. The summed E-state index contributed by atoms with van der Waals surface area (Å²) in [6, 6.07) is 2.07. The van der Waals surface area contributed by atoms with E-state index in [9.17, 15) is 0 Å². The highest BCUT2D eigenvalue weighted by Crippen LogP contribution is 2.40. The summed E-state index contributed by atoms with van der Waals surface area (Å²) in [5, 5.41) is 4.15. The summed E-state index contributed by atoms with van der Waals surface area (Å²) < 4.78 is 23.6. The van der Waals surface area contributed by atoms with Crippen LogP contribution >= 0.6 is 11.3 Å². The van der Waals surface area contributed by atoms with E-state index in [1.165, 1.54) is 5.56 Å². The van der Waals surface area contributed by atoms with Gasteiger partial charge in [0.15, 0.2) is 12.1 Å². The highest BCUT2D eigenvalue weighted by Gasteiger charge is 2.54. The van der Waals surface area contributed by atoms with Crippen molar-refractivity contribution < 1.29 is 18.9 Å². The van der Waals surface area contributed by atoms with Gasteiger partial charge < -0.3 is 18.9 Å².